The second kappa shape index (κ2) is 9.67. The van der Waals surface area contributed by atoms with E-state index in [9.17, 15) is 13.2 Å². The Balaban J connectivity index is 1.56. The molecule has 3 aromatic rings. The van der Waals surface area contributed by atoms with Crippen molar-refractivity contribution in [3.05, 3.63) is 60.7 Å². The van der Waals surface area contributed by atoms with Gasteiger partial charge in [-0.3, -0.25) is 4.79 Å². The lowest BCUT2D eigenvalue weighted by Crippen LogP contribution is -2.32. The van der Waals surface area contributed by atoms with Crippen LogP contribution in [0.25, 0.3) is 11.5 Å². The normalized spacial score (nSPS) is 16.3. The van der Waals surface area contributed by atoms with Crippen LogP contribution in [0.3, 0.4) is 0 Å². The summed E-state index contributed by atoms with van der Waals surface area (Å²) in [4.78, 5) is 16.7. The Morgan fingerprint density at radius 2 is 1.81 bits per heavy atom. The number of benzene rings is 2. The minimum Gasteiger partial charge on any atom is -0.428 e. The number of carbonyl (C=O) groups is 1. The number of hydrogen-bond acceptors (Lipinski definition) is 7. The molecule has 1 aliphatic heterocycles. The van der Waals surface area contributed by atoms with E-state index in [4.69, 9.17) is 9.15 Å². The molecule has 1 amide bonds. The van der Waals surface area contributed by atoms with Gasteiger partial charge in [0.15, 0.2) is 0 Å². The molecule has 1 N–H and O–H groups in total. The molecule has 4 rings (SSSR count). The molecule has 31 heavy (non-hydrogen) atoms. The fourth-order valence-electron chi connectivity index (χ4n) is 3.18. The number of amides is 1. The summed E-state index contributed by atoms with van der Waals surface area (Å²) in [5, 5.41) is 2.73. The monoisotopic (exact) mass is 458 g/mol. The van der Waals surface area contributed by atoms with Crippen LogP contribution in [0.1, 0.15) is 12.8 Å². The van der Waals surface area contributed by atoms with Gasteiger partial charge in [-0.15, -0.1) is 0 Å². The smallest absolute Gasteiger partial charge is 0.230 e. The van der Waals surface area contributed by atoms with E-state index in [1.165, 1.54) is 12.1 Å². The molecule has 0 aliphatic carbocycles. The van der Waals surface area contributed by atoms with Crippen LogP contribution in [0.2, 0.25) is 0 Å². The molecule has 162 valence electrons. The summed E-state index contributed by atoms with van der Waals surface area (Å²) in [5.41, 5.74) is 0.654. The fraction of sp³-hybridized carbons (Fsp3) is 0.273. The number of ether oxygens (including phenoxy) is 1. The Morgan fingerprint density at radius 3 is 2.48 bits per heavy atom. The van der Waals surface area contributed by atoms with E-state index in [1.54, 1.807) is 30.3 Å². The summed E-state index contributed by atoms with van der Waals surface area (Å²) >= 11 is 1.01. The van der Waals surface area contributed by atoms with E-state index in [0.29, 0.717) is 12.1 Å². The van der Waals surface area contributed by atoms with Crippen molar-refractivity contribution in [1.82, 2.24) is 10.3 Å². The molecule has 0 saturated carbocycles. The standard InChI is InChI=1S/C22H22N2O5S2/c25-19(23-14-17-10-7-13-28-17)15-30-22-21(31(26,27)18-11-5-2-6-12-18)24-20(29-22)16-8-3-1-4-9-16/h1-6,8-9,11-12,17H,7,10,13-15H2,(H,23,25)/t17-/m1/s1. The van der Waals surface area contributed by atoms with E-state index >= 15 is 0 Å². The molecular weight excluding hydrogens is 436 g/mol. The van der Waals surface area contributed by atoms with Crippen LogP contribution in [0.15, 0.2) is 80.1 Å². The van der Waals surface area contributed by atoms with Crippen molar-refractivity contribution >= 4 is 27.5 Å². The Morgan fingerprint density at radius 1 is 1.10 bits per heavy atom. The van der Waals surface area contributed by atoms with E-state index in [2.05, 4.69) is 10.3 Å². The van der Waals surface area contributed by atoms with Crippen LogP contribution >= 0.6 is 11.8 Å². The van der Waals surface area contributed by atoms with E-state index in [-0.39, 0.29) is 38.7 Å². The topological polar surface area (TPSA) is 98.5 Å². The number of oxazole rings is 1. The molecule has 1 aromatic heterocycles. The quantitative estimate of drug-likeness (QED) is 0.515. The van der Waals surface area contributed by atoms with Gasteiger partial charge in [-0.25, -0.2) is 8.42 Å². The third kappa shape index (κ3) is 5.17. The van der Waals surface area contributed by atoms with Gasteiger partial charge in [0.25, 0.3) is 0 Å². The Kier molecular flexibility index (Phi) is 6.74. The Hall–Kier alpha value is -2.62. The molecule has 0 radical (unpaired) electrons. The number of sulfone groups is 1. The molecule has 2 aromatic carbocycles. The highest BCUT2D eigenvalue weighted by molar-refractivity contribution is 8.00. The first-order valence-electron chi connectivity index (χ1n) is 9.91. The average Bonchev–Trinajstić information content (AvgIpc) is 3.48. The Labute approximate surface area is 185 Å². The van der Waals surface area contributed by atoms with E-state index in [0.717, 1.165) is 31.2 Å². The number of thioether (sulfide) groups is 1. The molecule has 1 aliphatic rings. The second-order valence-corrected chi connectivity index (χ2v) is 9.84. The van der Waals surface area contributed by atoms with Gasteiger partial charge in [-0.2, -0.15) is 4.98 Å². The summed E-state index contributed by atoms with van der Waals surface area (Å²) in [6.07, 6.45) is 1.96. The lowest BCUT2D eigenvalue weighted by atomic mass is 10.2. The summed E-state index contributed by atoms with van der Waals surface area (Å²) in [6.45, 7) is 1.16. The summed E-state index contributed by atoms with van der Waals surface area (Å²) in [7, 11) is -3.91. The molecule has 1 saturated heterocycles. The summed E-state index contributed by atoms with van der Waals surface area (Å²) < 4.78 is 37.7. The van der Waals surface area contributed by atoms with Crippen molar-refractivity contribution < 1.29 is 22.4 Å². The summed E-state index contributed by atoms with van der Waals surface area (Å²) in [5.74, 6) is -0.0217. The zero-order valence-corrected chi connectivity index (χ0v) is 18.3. The van der Waals surface area contributed by atoms with Gasteiger partial charge in [-0.05, 0) is 37.1 Å². The molecule has 0 unspecified atom stereocenters. The van der Waals surface area contributed by atoms with Crippen LogP contribution in [-0.2, 0) is 19.4 Å². The van der Waals surface area contributed by atoms with Crippen molar-refractivity contribution in [1.29, 1.82) is 0 Å². The van der Waals surface area contributed by atoms with Crippen LogP contribution < -0.4 is 5.32 Å². The molecular formula is C22H22N2O5S2. The highest BCUT2D eigenvalue weighted by Crippen LogP contribution is 2.34. The first kappa shape index (κ1) is 21.6. The largest absolute Gasteiger partial charge is 0.428 e. The lowest BCUT2D eigenvalue weighted by Gasteiger charge is -2.10. The van der Waals surface area contributed by atoms with E-state index in [1.807, 2.05) is 18.2 Å². The van der Waals surface area contributed by atoms with Crippen LogP contribution in [0.4, 0.5) is 0 Å². The molecule has 2 heterocycles. The number of rotatable bonds is 8. The highest BCUT2D eigenvalue weighted by atomic mass is 32.2. The van der Waals surface area contributed by atoms with Crippen LogP contribution in [0.5, 0.6) is 0 Å². The minimum atomic E-state index is -3.91. The van der Waals surface area contributed by atoms with Crippen molar-refractivity contribution in [2.24, 2.45) is 0 Å². The van der Waals surface area contributed by atoms with Gasteiger partial charge in [0.05, 0.1) is 16.8 Å². The van der Waals surface area contributed by atoms with Gasteiger partial charge in [0.1, 0.15) is 0 Å². The highest BCUT2D eigenvalue weighted by Gasteiger charge is 2.29. The van der Waals surface area contributed by atoms with Gasteiger partial charge >= 0.3 is 0 Å². The van der Waals surface area contributed by atoms with Gasteiger partial charge < -0.3 is 14.5 Å². The number of carbonyl (C=O) groups excluding carboxylic acids is 1. The zero-order chi connectivity index (χ0) is 21.7. The van der Waals surface area contributed by atoms with Crippen molar-refractivity contribution in [2.75, 3.05) is 18.9 Å². The van der Waals surface area contributed by atoms with Crippen molar-refractivity contribution in [2.45, 2.75) is 34.0 Å². The minimum absolute atomic E-state index is 0.00739. The maximum absolute atomic E-state index is 13.2. The third-order valence-corrected chi connectivity index (χ3v) is 7.53. The predicted octanol–water partition coefficient (Wildman–Crippen LogP) is 3.56. The van der Waals surface area contributed by atoms with Gasteiger partial charge in [0, 0.05) is 18.7 Å². The molecule has 0 bridgehead atoms. The average molecular weight is 459 g/mol. The van der Waals surface area contributed by atoms with Crippen LogP contribution in [0, 0.1) is 0 Å². The number of hydrogen-bond donors (Lipinski definition) is 1. The molecule has 0 spiro atoms. The number of aromatic nitrogens is 1. The number of nitrogens with one attached hydrogen (secondary N) is 1. The van der Waals surface area contributed by atoms with Crippen molar-refractivity contribution in [3.8, 4) is 11.5 Å². The van der Waals surface area contributed by atoms with Crippen molar-refractivity contribution in [3.63, 3.8) is 0 Å². The fourth-order valence-corrected chi connectivity index (χ4v) is 5.56. The van der Waals surface area contributed by atoms with E-state index < -0.39 is 9.84 Å². The zero-order valence-electron chi connectivity index (χ0n) is 16.7. The third-order valence-electron chi connectivity index (χ3n) is 4.78. The summed E-state index contributed by atoms with van der Waals surface area (Å²) in [6, 6.07) is 17.1. The first-order chi connectivity index (χ1) is 15.0. The van der Waals surface area contributed by atoms with Gasteiger partial charge in [0.2, 0.25) is 31.8 Å². The Bertz CT molecular complexity index is 1130. The first-order valence-corrected chi connectivity index (χ1v) is 12.4. The second-order valence-electron chi connectivity index (χ2n) is 7.02. The molecule has 9 heteroatoms. The predicted molar refractivity (Wildman–Crippen MR) is 117 cm³/mol. The lowest BCUT2D eigenvalue weighted by molar-refractivity contribution is -0.119. The maximum atomic E-state index is 13.2. The maximum Gasteiger partial charge on any atom is 0.230 e. The molecule has 7 nitrogen and oxygen atoms in total. The SMILES string of the molecule is O=C(CSc1oc(-c2ccccc2)nc1S(=O)(=O)c1ccccc1)NC[C@H]1CCCO1. The molecule has 1 atom stereocenters. The van der Waals surface area contributed by atoms with Gasteiger partial charge in [-0.1, -0.05) is 48.2 Å². The molecule has 1 fully saturated rings. The van der Waals surface area contributed by atoms with Crippen LogP contribution in [-0.4, -0.2) is 44.3 Å². The number of nitrogens with zero attached hydrogens (tertiary/aromatic N) is 1.